The predicted octanol–water partition coefficient (Wildman–Crippen LogP) is 2.31. The molecule has 0 aliphatic heterocycles. The minimum atomic E-state index is -0.162. The van der Waals surface area contributed by atoms with E-state index in [0.717, 1.165) is 24.1 Å². The van der Waals surface area contributed by atoms with Gasteiger partial charge in [-0.15, -0.1) is 0 Å². The van der Waals surface area contributed by atoms with Crippen LogP contribution in [0.2, 0.25) is 0 Å². The summed E-state index contributed by atoms with van der Waals surface area (Å²) in [5.41, 5.74) is 7.77. The molecule has 0 radical (unpaired) electrons. The highest BCUT2D eigenvalue weighted by Crippen LogP contribution is 2.35. The Labute approximate surface area is 126 Å². The maximum absolute atomic E-state index is 12.0. The Morgan fingerprint density at radius 2 is 2.14 bits per heavy atom. The van der Waals surface area contributed by atoms with Crippen molar-refractivity contribution in [3.05, 3.63) is 29.8 Å². The summed E-state index contributed by atoms with van der Waals surface area (Å²) in [7, 11) is 4.15. The Morgan fingerprint density at radius 3 is 2.67 bits per heavy atom. The van der Waals surface area contributed by atoms with Crippen LogP contribution in [0, 0.1) is 0 Å². The molecule has 1 atom stereocenters. The van der Waals surface area contributed by atoms with Gasteiger partial charge in [0.05, 0.1) is 0 Å². The SMILES string of the molecule is CC(N)c1cccc(NC(=O)NCC2(N(C)C)CCC2)c1. The Kier molecular flexibility index (Phi) is 4.85. The van der Waals surface area contributed by atoms with Crippen LogP contribution in [0.15, 0.2) is 24.3 Å². The zero-order chi connectivity index (χ0) is 15.5. The lowest BCUT2D eigenvalue weighted by Crippen LogP contribution is -2.57. The Morgan fingerprint density at radius 1 is 1.43 bits per heavy atom. The average molecular weight is 290 g/mol. The number of nitrogens with two attached hydrogens (primary N) is 1. The molecule has 0 bridgehead atoms. The molecule has 0 spiro atoms. The molecule has 0 saturated heterocycles. The first-order valence-electron chi connectivity index (χ1n) is 7.51. The molecule has 1 aliphatic carbocycles. The van der Waals surface area contributed by atoms with E-state index >= 15 is 0 Å². The number of urea groups is 1. The van der Waals surface area contributed by atoms with Gasteiger partial charge in [-0.3, -0.25) is 0 Å². The van der Waals surface area contributed by atoms with Crippen molar-refractivity contribution in [3.8, 4) is 0 Å². The summed E-state index contributed by atoms with van der Waals surface area (Å²) in [4.78, 5) is 14.2. The highest BCUT2D eigenvalue weighted by molar-refractivity contribution is 5.89. The number of anilines is 1. The van der Waals surface area contributed by atoms with Gasteiger partial charge in [-0.25, -0.2) is 4.79 Å². The van der Waals surface area contributed by atoms with Crippen LogP contribution in [0.1, 0.15) is 37.8 Å². The number of hydrogen-bond donors (Lipinski definition) is 3. The quantitative estimate of drug-likeness (QED) is 0.779. The number of benzene rings is 1. The van der Waals surface area contributed by atoms with E-state index < -0.39 is 0 Å². The summed E-state index contributed by atoms with van der Waals surface area (Å²) in [5, 5.41) is 5.85. The van der Waals surface area contributed by atoms with Gasteiger partial charge in [-0.1, -0.05) is 12.1 Å². The molecule has 5 heteroatoms. The Hall–Kier alpha value is -1.59. The van der Waals surface area contributed by atoms with Gasteiger partial charge in [0.2, 0.25) is 0 Å². The second kappa shape index (κ2) is 6.45. The van der Waals surface area contributed by atoms with Gasteiger partial charge in [0.15, 0.2) is 0 Å². The van der Waals surface area contributed by atoms with E-state index in [1.807, 2.05) is 31.2 Å². The lowest BCUT2D eigenvalue weighted by molar-refractivity contribution is 0.0630. The third kappa shape index (κ3) is 3.74. The Bertz CT molecular complexity index is 495. The van der Waals surface area contributed by atoms with Crippen LogP contribution < -0.4 is 16.4 Å². The van der Waals surface area contributed by atoms with Crippen molar-refractivity contribution in [2.75, 3.05) is 26.0 Å². The fourth-order valence-electron chi connectivity index (χ4n) is 2.69. The van der Waals surface area contributed by atoms with Crippen molar-refractivity contribution >= 4 is 11.7 Å². The topological polar surface area (TPSA) is 70.4 Å². The first-order valence-corrected chi connectivity index (χ1v) is 7.51. The molecule has 1 saturated carbocycles. The summed E-state index contributed by atoms with van der Waals surface area (Å²) in [6.45, 7) is 2.61. The zero-order valence-corrected chi connectivity index (χ0v) is 13.1. The van der Waals surface area contributed by atoms with E-state index in [4.69, 9.17) is 5.73 Å². The molecule has 0 aromatic heterocycles. The van der Waals surface area contributed by atoms with E-state index in [9.17, 15) is 4.79 Å². The predicted molar refractivity (Wildman–Crippen MR) is 86.3 cm³/mol. The van der Waals surface area contributed by atoms with E-state index in [2.05, 4.69) is 29.6 Å². The standard InChI is InChI=1S/C16H26N4O/c1-12(17)13-6-4-7-14(10-13)19-15(21)18-11-16(20(2)3)8-5-9-16/h4,6-7,10,12H,5,8-9,11,17H2,1-3H3,(H2,18,19,21). The number of amides is 2. The number of carbonyl (C=O) groups excluding carboxylic acids is 1. The van der Waals surface area contributed by atoms with E-state index in [1.54, 1.807) is 0 Å². The lowest BCUT2D eigenvalue weighted by Gasteiger charge is -2.47. The molecule has 0 heterocycles. The van der Waals surface area contributed by atoms with E-state index in [0.29, 0.717) is 6.54 Å². The smallest absolute Gasteiger partial charge is 0.319 e. The molecule has 21 heavy (non-hydrogen) atoms. The molecule has 1 aliphatic rings. The van der Waals surface area contributed by atoms with Crippen LogP contribution in [0.25, 0.3) is 0 Å². The highest BCUT2D eigenvalue weighted by atomic mass is 16.2. The summed E-state index contributed by atoms with van der Waals surface area (Å²) < 4.78 is 0. The van der Waals surface area contributed by atoms with Crippen molar-refractivity contribution in [3.63, 3.8) is 0 Å². The van der Waals surface area contributed by atoms with E-state index in [-0.39, 0.29) is 17.6 Å². The van der Waals surface area contributed by atoms with Crippen LogP contribution in [0.5, 0.6) is 0 Å². The molecule has 5 nitrogen and oxygen atoms in total. The largest absolute Gasteiger partial charge is 0.336 e. The maximum Gasteiger partial charge on any atom is 0.319 e. The number of carbonyl (C=O) groups is 1. The fraction of sp³-hybridized carbons (Fsp3) is 0.562. The van der Waals surface area contributed by atoms with Gasteiger partial charge in [0.25, 0.3) is 0 Å². The monoisotopic (exact) mass is 290 g/mol. The van der Waals surface area contributed by atoms with Crippen molar-refractivity contribution in [2.45, 2.75) is 37.8 Å². The van der Waals surface area contributed by atoms with Gasteiger partial charge in [0.1, 0.15) is 0 Å². The summed E-state index contributed by atoms with van der Waals surface area (Å²) in [6.07, 6.45) is 3.51. The maximum atomic E-state index is 12.0. The molecule has 1 aromatic carbocycles. The molecule has 1 fully saturated rings. The van der Waals surface area contributed by atoms with Crippen LogP contribution in [0.4, 0.5) is 10.5 Å². The fourth-order valence-corrected chi connectivity index (χ4v) is 2.69. The lowest BCUT2D eigenvalue weighted by atomic mass is 9.75. The summed E-state index contributed by atoms with van der Waals surface area (Å²) in [6, 6.07) is 7.45. The average Bonchev–Trinajstić information content (AvgIpc) is 2.37. The number of hydrogen-bond acceptors (Lipinski definition) is 3. The zero-order valence-electron chi connectivity index (χ0n) is 13.1. The van der Waals surface area contributed by atoms with Crippen LogP contribution in [-0.4, -0.2) is 37.1 Å². The molecule has 2 amide bonds. The van der Waals surface area contributed by atoms with Crippen LogP contribution in [0.3, 0.4) is 0 Å². The molecule has 2 rings (SSSR count). The molecule has 4 N–H and O–H groups in total. The molecule has 1 aromatic rings. The number of nitrogens with zero attached hydrogens (tertiary/aromatic N) is 1. The number of rotatable bonds is 5. The Balaban J connectivity index is 1.89. The molecule has 1 unspecified atom stereocenters. The van der Waals surface area contributed by atoms with Gasteiger partial charge in [-0.05, 0) is 58.0 Å². The molecule has 116 valence electrons. The van der Waals surface area contributed by atoms with Gasteiger partial charge in [0, 0.05) is 23.8 Å². The van der Waals surface area contributed by atoms with E-state index in [1.165, 1.54) is 6.42 Å². The van der Waals surface area contributed by atoms with Crippen LogP contribution in [-0.2, 0) is 0 Å². The first kappa shape index (κ1) is 15.8. The van der Waals surface area contributed by atoms with Crippen molar-refractivity contribution in [1.29, 1.82) is 0 Å². The number of likely N-dealkylation sites (N-methyl/N-ethyl adjacent to an activating group) is 1. The second-order valence-corrected chi connectivity index (χ2v) is 6.19. The van der Waals surface area contributed by atoms with Crippen molar-refractivity contribution in [2.24, 2.45) is 5.73 Å². The van der Waals surface area contributed by atoms with Crippen molar-refractivity contribution < 1.29 is 4.79 Å². The first-order chi connectivity index (χ1) is 9.93. The minimum Gasteiger partial charge on any atom is -0.336 e. The van der Waals surface area contributed by atoms with Gasteiger partial charge >= 0.3 is 6.03 Å². The molecular weight excluding hydrogens is 264 g/mol. The molecular formula is C16H26N4O. The van der Waals surface area contributed by atoms with Gasteiger partial charge in [-0.2, -0.15) is 0 Å². The van der Waals surface area contributed by atoms with Crippen LogP contribution >= 0.6 is 0 Å². The normalized spacial score (nSPS) is 18.0. The third-order valence-corrected chi connectivity index (χ3v) is 4.48. The minimum absolute atomic E-state index is 0.0400. The van der Waals surface area contributed by atoms with Gasteiger partial charge < -0.3 is 21.3 Å². The summed E-state index contributed by atoms with van der Waals surface area (Å²) in [5.74, 6) is 0. The summed E-state index contributed by atoms with van der Waals surface area (Å²) >= 11 is 0. The second-order valence-electron chi connectivity index (χ2n) is 6.19. The third-order valence-electron chi connectivity index (χ3n) is 4.48. The van der Waals surface area contributed by atoms with Crippen molar-refractivity contribution in [1.82, 2.24) is 10.2 Å². The number of nitrogens with one attached hydrogen (secondary N) is 2. The highest BCUT2D eigenvalue weighted by Gasteiger charge is 2.39.